The maximum atomic E-state index is 11.8. The molecule has 1 aromatic carbocycles. The van der Waals surface area contributed by atoms with E-state index >= 15 is 0 Å². The fourth-order valence-electron chi connectivity index (χ4n) is 2.06. The van der Waals surface area contributed by atoms with E-state index in [4.69, 9.17) is 15.2 Å². The zero-order valence-corrected chi connectivity index (χ0v) is 12.8. The van der Waals surface area contributed by atoms with Gasteiger partial charge >= 0.3 is 0 Å². The van der Waals surface area contributed by atoms with Gasteiger partial charge < -0.3 is 20.5 Å². The van der Waals surface area contributed by atoms with Crippen molar-refractivity contribution in [3.05, 3.63) is 28.2 Å². The van der Waals surface area contributed by atoms with Gasteiger partial charge in [-0.05, 0) is 36.6 Å². The summed E-state index contributed by atoms with van der Waals surface area (Å²) in [5.41, 5.74) is 6.57. The van der Waals surface area contributed by atoms with Crippen LogP contribution < -0.4 is 15.8 Å². The number of ether oxygens (including phenoxy) is 2. The average molecular weight is 343 g/mol. The van der Waals surface area contributed by atoms with Gasteiger partial charge in [0.2, 0.25) is 0 Å². The Morgan fingerprint density at radius 3 is 2.90 bits per heavy atom. The molecule has 0 aliphatic carbocycles. The Balaban J connectivity index is 1.80. The zero-order valence-electron chi connectivity index (χ0n) is 11.2. The number of amides is 1. The second-order valence-electron chi connectivity index (χ2n) is 4.70. The van der Waals surface area contributed by atoms with E-state index in [1.54, 1.807) is 0 Å². The summed E-state index contributed by atoms with van der Waals surface area (Å²) in [4.78, 5) is 11.8. The molecule has 5 nitrogen and oxygen atoms in total. The monoisotopic (exact) mass is 342 g/mol. The largest absolute Gasteiger partial charge is 0.484 e. The first kappa shape index (κ1) is 15.3. The van der Waals surface area contributed by atoms with E-state index < -0.39 is 0 Å². The van der Waals surface area contributed by atoms with Crippen LogP contribution in [0.25, 0.3) is 0 Å². The van der Waals surface area contributed by atoms with E-state index in [-0.39, 0.29) is 18.6 Å². The molecule has 3 N–H and O–H groups in total. The summed E-state index contributed by atoms with van der Waals surface area (Å²) in [5, 5.41) is 2.95. The average Bonchev–Trinajstić information content (AvgIpc) is 2.47. The van der Waals surface area contributed by atoms with Gasteiger partial charge in [0.1, 0.15) is 5.75 Å². The second kappa shape index (κ2) is 7.61. The molecule has 110 valence electrons. The Morgan fingerprint density at radius 1 is 1.45 bits per heavy atom. The van der Waals surface area contributed by atoms with Gasteiger partial charge in [0, 0.05) is 30.3 Å². The standard InChI is InChI=1S/C14H19BrN2O3/c15-13-2-1-12(7-10(13)8-16)20-9-14(18)17-11-3-5-19-6-4-11/h1-2,7,11H,3-6,8-9,16H2,(H,17,18). The van der Waals surface area contributed by atoms with Gasteiger partial charge in [-0.1, -0.05) is 15.9 Å². The van der Waals surface area contributed by atoms with E-state index in [1.165, 1.54) is 0 Å². The highest BCUT2D eigenvalue weighted by atomic mass is 79.9. The maximum Gasteiger partial charge on any atom is 0.258 e. The minimum Gasteiger partial charge on any atom is -0.484 e. The number of benzene rings is 1. The summed E-state index contributed by atoms with van der Waals surface area (Å²) in [6.07, 6.45) is 1.72. The summed E-state index contributed by atoms with van der Waals surface area (Å²) < 4.78 is 11.7. The molecule has 0 spiro atoms. The van der Waals surface area contributed by atoms with Crippen molar-refractivity contribution in [3.8, 4) is 5.75 Å². The molecule has 1 amide bonds. The van der Waals surface area contributed by atoms with Crippen LogP contribution in [0.2, 0.25) is 0 Å². The lowest BCUT2D eigenvalue weighted by Crippen LogP contribution is -2.41. The number of nitrogens with two attached hydrogens (primary N) is 1. The molecule has 1 aliphatic heterocycles. The third-order valence-electron chi connectivity index (χ3n) is 3.19. The Morgan fingerprint density at radius 2 is 2.20 bits per heavy atom. The number of nitrogens with one attached hydrogen (secondary N) is 1. The minimum atomic E-state index is -0.103. The smallest absolute Gasteiger partial charge is 0.258 e. The molecule has 2 rings (SSSR count). The van der Waals surface area contributed by atoms with Gasteiger partial charge in [-0.2, -0.15) is 0 Å². The van der Waals surface area contributed by atoms with Crippen molar-refractivity contribution in [1.29, 1.82) is 0 Å². The Bertz CT molecular complexity index is 462. The molecule has 0 saturated carbocycles. The summed E-state index contributed by atoms with van der Waals surface area (Å²) in [7, 11) is 0. The zero-order chi connectivity index (χ0) is 14.4. The molecule has 1 fully saturated rings. The highest BCUT2D eigenvalue weighted by Crippen LogP contribution is 2.22. The molecule has 0 unspecified atom stereocenters. The van der Waals surface area contributed by atoms with Gasteiger partial charge in [0.25, 0.3) is 5.91 Å². The van der Waals surface area contributed by atoms with E-state index in [0.29, 0.717) is 25.5 Å². The Hall–Kier alpha value is -1.11. The van der Waals surface area contributed by atoms with Gasteiger partial charge in [-0.25, -0.2) is 0 Å². The SMILES string of the molecule is NCc1cc(OCC(=O)NC2CCOCC2)ccc1Br. The van der Waals surface area contributed by atoms with Crippen molar-refractivity contribution < 1.29 is 14.3 Å². The molecule has 1 aliphatic rings. The summed E-state index contributed by atoms with van der Waals surface area (Å²) in [6, 6.07) is 5.72. The van der Waals surface area contributed by atoms with Gasteiger partial charge in [-0.15, -0.1) is 0 Å². The number of hydrogen-bond acceptors (Lipinski definition) is 4. The van der Waals surface area contributed by atoms with Crippen molar-refractivity contribution in [2.75, 3.05) is 19.8 Å². The number of hydrogen-bond donors (Lipinski definition) is 2. The second-order valence-corrected chi connectivity index (χ2v) is 5.55. The normalized spacial score (nSPS) is 15.9. The van der Waals surface area contributed by atoms with E-state index in [1.807, 2.05) is 18.2 Å². The quantitative estimate of drug-likeness (QED) is 0.851. The topological polar surface area (TPSA) is 73.6 Å². The first-order chi connectivity index (χ1) is 9.69. The lowest BCUT2D eigenvalue weighted by molar-refractivity contribution is -0.124. The molecule has 1 heterocycles. The summed E-state index contributed by atoms with van der Waals surface area (Å²) in [6.45, 7) is 1.85. The molecule has 0 atom stereocenters. The minimum absolute atomic E-state index is 0.0169. The first-order valence-corrected chi connectivity index (χ1v) is 7.46. The van der Waals surface area contributed by atoms with Crippen molar-refractivity contribution in [2.45, 2.75) is 25.4 Å². The van der Waals surface area contributed by atoms with E-state index in [2.05, 4.69) is 21.2 Å². The first-order valence-electron chi connectivity index (χ1n) is 6.67. The number of halogens is 1. The van der Waals surface area contributed by atoms with Crippen LogP contribution in [0.3, 0.4) is 0 Å². The van der Waals surface area contributed by atoms with Crippen molar-refractivity contribution in [3.63, 3.8) is 0 Å². The van der Waals surface area contributed by atoms with Gasteiger partial charge in [0.05, 0.1) is 0 Å². The van der Waals surface area contributed by atoms with Crippen LogP contribution in [0, 0.1) is 0 Å². The molecule has 0 aromatic heterocycles. The maximum absolute atomic E-state index is 11.8. The highest BCUT2D eigenvalue weighted by Gasteiger charge is 2.16. The van der Waals surface area contributed by atoms with Crippen molar-refractivity contribution in [2.24, 2.45) is 5.73 Å². The van der Waals surface area contributed by atoms with Crippen LogP contribution >= 0.6 is 15.9 Å². The molecule has 20 heavy (non-hydrogen) atoms. The lowest BCUT2D eigenvalue weighted by Gasteiger charge is -2.23. The van der Waals surface area contributed by atoms with Gasteiger partial charge in [0.15, 0.2) is 6.61 Å². The molecule has 1 aromatic rings. The van der Waals surface area contributed by atoms with Crippen molar-refractivity contribution >= 4 is 21.8 Å². The molecular weight excluding hydrogens is 324 g/mol. The number of rotatable bonds is 5. The summed E-state index contributed by atoms with van der Waals surface area (Å²) >= 11 is 3.41. The number of carbonyl (C=O) groups excluding carboxylic acids is 1. The third kappa shape index (κ3) is 4.47. The molecule has 0 bridgehead atoms. The molecule has 6 heteroatoms. The predicted molar refractivity (Wildman–Crippen MR) is 79.5 cm³/mol. The van der Waals surface area contributed by atoms with Crippen LogP contribution in [0.5, 0.6) is 5.75 Å². The Labute approximate surface area is 126 Å². The predicted octanol–water partition coefficient (Wildman–Crippen LogP) is 1.58. The molecular formula is C14H19BrN2O3. The Kier molecular flexibility index (Phi) is 5.82. The number of carbonyl (C=O) groups is 1. The van der Waals surface area contributed by atoms with Crippen LogP contribution in [0.4, 0.5) is 0 Å². The summed E-state index contributed by atoms with van der Waals surface area (Å²) in [5.74, 6) is 0.546. The lowest BCUT2D eigenvalue weighted by atomic mass is 10.1. The third-order valence-corrected chi connectivity index (χ3v) is 3.97. The fourth-order valence-corrected chi connectivity index (χ4v) is 2.47. The highest BCUT2D eigenvalue weighted by molar-refractivity contribution is 9.10. The van der Waals surface area contributed by atoms with Crippen LogP contribution in [0.1, 0.15) is 18.4 Å². The van der Waals surface area contributed by atoms with E-state index in [0.717, 1.165) is 22.9 Å². The van der Waals surface area contributed by atoms with Crippen molar-refractivity contribution in [1.82, 2.24) is 5.32 Å². The van der Waals surface area contributed by atoms with E-state index in [9.17, 15) is 4.79 Å². The molecule has 0 radical (unpaired) electrons. The van der Waals surface area contributed by atoms with Crippen LogP contribution in [-0.2, 0) is 16.1 Å². The van der Waals surface area contributed by atoms with Gasteiger partial charge in [-0.3, -0.25) is 4.79 Å². The fraction of sp³-hybridized carbons (Fsp3) is 0.500. The molecule has 1 saturated heterocycles. The van der Waals surface area contributed by atoms with Crippen LogP contribution in [-0.4, -0.2) is 31.8 Å². The van der Waals surface area contributed by atoms with Crippen LogP contribution in [0.15, 0.2) is 22.7 Å².